The molecule has 110 valence electrons. The van der Waals surface area contributed by atoms with Gasteiger partial charge in [0.05, 0.1) is 17.1 Å². The van der Waals surface area contributed by atoms with Crippen LogP contribution in [0.4, 0.5) is 11.4 Å². The molecule has 0 atom stereocenters. The van der Waals surface area contributed by atoms with Gasteiger partial charge in [-0.2, -0.15) is 0 Å². The highest BCUT2D eigenvalue weighted by Gasteiger charge is 2.31. The molecule has 1 aliphatic carbocycles. The Morgan fingerprint density at radius 3 is 2.65 bits per heavy atom. The summed E-state index contributed by atoms with van der Waals surface area (Å²) < 4.78 is 10.7. The van der Waals surface area contributed by atoms with Crippen LogP contribution in [-0.2, 0) is 4.74 Å². The normalized spacial score (nSPS) is 21.4. The van der Waals surface area contributed by atoms with Gasteiger partial charge in [0.1, 0.15) is 5.69 Å². The largest absolute Gasteiger partial charge is 0.484 e. The van der Waals surface area contributed by atoms with Crippen LogP contribution in [0.5, 0.6) is 5.75 Å². The molecular formula is C14H20N2O4. The predicted molar refractivity (Wildman–Crippen MR) is 76.3 cm³/mol. The second-order valence-corrected chi connectivity index (χ2v) is 5.25. The molecule has 0 aromatic heterocycles. The van der Waals surface area contributed by atoms with Gasteiger partial charge in [-0.3, -0.25) is 10.1 Å². The van der Waals surface area contributed by atoms with Crippen molar-refractivity contribution in [1.29, 1.82) is 0 Å². The molecule has 6 heteroatoms. The average molecular weight is 280 g/mol. The van der Waals surface area contributed by atoms with Crippen molar-refractivity contribution in [3.05, 3.63) is 28.3 Å². The Balaban J connectivity index is 2.17. The van der Waals surface area contributed by atoms with Crippen molar-refractivity contribution in [3.63, 3.8) is 0 Å². The Morgan fingerprint density at radius 1 is 1.40 bits per heavy atom. The maximum Gasteiger partial charge on any atom is 0.333 e. The van der Waals surface area contributed by atoms with Crippen LogP contribution < -0.4 is 10.1 Å². The monoisotopic (exact) mass is 280 g/mol. The van der Waals surface area contributed by atoms with Crippen molar-refractivity contribution in [2.24, 2.45) is 0 Å². The molecule has 1 fully saturated rings. The average Bonchev–Trinajstić information content (AvgIpc) is 2.32. The van der Waals surface area contributed by atoms with E-state index in [1.807, 2.05) is 13.8 Å². The van der Waals surface area contributed by atoms with E-state index in [-0.39, 0.29) is 23.9 Å². The topological polar surface area (TPSA) is 73.6 Å². The quantitative estimate of drug-likeness (QED) is 0.640. The second kappa shape index (κ2) is 6.09. The van der Waals surface area contributed by atoms with E-state index in [0.29, 0.717) is 11.4 Å². The third-order valence-corrected chi connectivity index (χ3v) is 3.33. The molecule has 0 bridgehead atoms. The highest BCUT2D eigenvalue weighted by molar-refractivity contribution is 5.69. The molecule has 2 rings (SSSR count). The standard InChI is InChI=1S/C14H20N2O4/c1-9(2)20-13-6-4-5-12(14(13)16(17)18)15-10-7-11(8-10)19-3/h4-6,9-11,15H,7-8H2,1-3H3. The summed E-state index contributed by atoms with van der Waals surface area (Å²) >= 11 is 0. The van der Waals surface area contributed by atoms with Crippen molar-refractivity contribution in [1.82, 2.24) is 0 Å². The molecule has 1 aliphatic rings. The molecule has 20 heavy (non-hydrogen) atoms. The summed E-state index contributed by atoms with van der Waals surface area (Å²) in [5.41, 5.74) is 0.509. The molecule has 6 nitrogen and oxygen atoms in total. The number of para-hydroxylation sites is 1. The highest BCUT2D eigenvalue weighted by Crippen LogP contribution is 2.37. The lowest BCUT2D eigenvalue weighted by atomic mass is 9.89. The number of ether oxygens (including phenoxy) is 2. The number of methoxy groups -OCH3 is 1. The van der Waals surface area contributed by atoms with Crippen molar-refractivity contribution in [3.8, 4) is 5.75 Å². The Kier molecular flexibility index (Phi) is 4.44. The molecule has 1 N–H and O–H groups in total. The van der Waals surface area contributed by atoms with Crippen LogP contribution in [0.1, 0.15) is 26.7 Å². The lowest BCUT2D eigenvalue weighted by Crippen LogP contribution is -2.40. The van der Waals surface area contributed by atoms with Gasteiger partial charge in [-0.05, 0) is 38.8 Å². The van der Waals surface area contributed by atoms with E-state index in [2.05, 4.69) is 5.32 Å². The van der Waals surface area contributed by atoms with Gasteiger partial charge >= 0.3 is 5.69 Å². The Labute approximate surface area is 118 Å². The van der Waals surface area contributed by atoms with Gasteiger partial charge in [0.15, 0.2) is 5.75 Å². The zero-order chi connectivity index (χ0) is 14.7. The van der Waals surface area contributed by atoms with Crippen LogP contribution in [0, 0.1) is 10.1 Å². The minimum absolute atomic E-state index is 0.00191. The van der Waals surface area contributed by atoms with Crippen LogP contribution >= 0.6 is 0 Å². The summed E-state index contributed by atoms with van der Waals surface area (Å²) in [6, 6.07) is 5.32. The van der Waals surface area contributed by atoms with E-state index in [9.17, 15) is 10.1 Å². The number of nitrogens with one attached hydrogen (secondary N) is 1. The first-order chi connectivity index (χ1) is 9.51. The highest BCUT2D eigenvalue weighted by atomic mass is 16.6. The molecule has 0 saturated heterocycles. The molecule has 0 heterocycles. The number of anilines is 1. The van der Waals surface area contributed by atoms with E-state index in [0.717, 1.165) is 12.8 Å². The van der Waals surface area contributed by atoms with Crippen molar-refractivity contribution < 1.29 is 14.4 Å². The molecule has 1 aromatic carbocycles. The van der Waals surface area contributed by atoms with Crippen LogP contribution in [0.25, 0.3) is 0 Å². The number of rotatable bonds is 6. The van der Waals surface area contributed by atoms with Crippen molar-refractivity contribution in [2.45, 2.75) is 44.9 Å². The number of nitro benzene ring substituents is 1. The summed E-state index contributed by atoms with van der Waals surface area (Å²) in [7, 11) is 1.68. The molecule has 0 spiro atoms. The van der Waals surface area contributed by atoms with E-state index >= 15 is 0 Å². The lowest BCUT2D eigenvalue weighted by Gasteiger charge is -2.35. The maximum atomic E-state index is 11.3. The molecule has 0 radical (unpaired) electrons. The molecular weight excluding hydrogens is 260 g/mol. The number of hydrogen-bond acceptors (Lipinski definition) is 5. The fourth-order valence-corrected chi connectivity index (χ4v) is 2.27. The lowest BCUT2D eigenvalue weighted by molar-refractivity contribution is -0.385. The number of nitrogens with zero attached hydrogens (tertiary/aromatic N) is 1. The summed E-state index contributed by atoms with van der Waals surface area (Å²) in [6.45, 7) is 3.69. The SMILES string of the molecule is COC1CC(Nc2cccc(OC(C)C)c2[N+](=O)[O-])C1. The van der Waals surface area contributed by atoms with Gasteiger partial charge in [-0.25, -0.2) is 0 Å². The Bertz CT molecular complexity index is 484. The Hall–Kier alpha value is -1.82. The Morgan fingerprint density at radius 2 is 2.10 bits per heavy atom. The maximum absolute atomic E-state index is 11.3. The van der Waals surface area contributed by atoms with Gasteiger partial charge in [0.25, 0.3) is 0 Å². The first-order valence-electron chi connectivity index (χ1n) is 6.74. The van der Waals surface area contributed by atoms with Crippen LogP contribution in [0.15, 0.2) is 18.2 Å². The van der Waals surface area contributed by atoms with Gasteiger partial charge in [-0.1, -0.05) is 6.07 Å². The summed E-state index contributed by atoms with van der Waals surface area (Å²) in [5.74, 6) is 0.303. The first kappa shape index (κ1) is 14.6. The zero-order valence-corrected chi connectivity index (χ0v) is 12.0. The number of benzene rings is 1. The predicted octanol–water partition coefficient (Wildman–Crippen LogP) is 2.97. The second-order valence-electron chi connectivity index (χ2n) is 5.25. The van der Waals surface area contributed by atoms with E-state index in [1.165, 1.54) is 0 Å². The van der Waals surface area contributed by atoms with Crippen LogP contribution in [0.3, 0.4) is 0 Å². The molecule has 0 amide bonds. The fraction of sp³-hybridized carbons (Fsp3) is 0.571. The third-order valence-electron chi connectivity index (χ3n) is 3.33. The minimum Gasteiger partial charge on any atom is -0.484 e. The van der Waals surface area contributed by atoms with Crippen LogP contribution in [0.2, 0.25) is 0 Å². The van der Waals surface area contributed by atoms with Crippen LogP contribution in [-0.4, -0.2) is 30.3 Å². The molecule has 0 unspecified atom stereocenters. The number of nitro groups is 1. The van der Waals surface area contributed by atoms with Gasteiger partial charge in [0, 0.05) is 13.2 Å². The van der Waals surface area contributed by atoms with Gasteiger partial charge in [-0.15, -0.1) is 0 Å². The molecule has 0 aliphatic heterocycles. The molecule has 1 saturated carbocycles. The fourth-order valence-electron chi connectivity index (χ4n) is 2.27. The van der Waals surface area contributed by atoms with Crippen molar-refractivity contribution in [2.75, 3.05) is 12.4 Å². The van der Waals surface area contributed by atoms with Gasteiger partial charge < -0.3 is 14.8 Å². The smallest absolute Gasteiger partial charge is 0.333 e. The van der Waals surface area contributed by atoms with E-state index in [4.69, 9.17) is 9.47 Å². The van der Waals surface area contributed by atoms with Gasteiger partial charge in [0.2, 0.25) is 0 Å². The zero-order valence-electron chi connectivity index (χ0n) is 12.0. The minimum atomic E-state index is -0.396. The molecule has 1 aromatic rings. The van der Waals surface area contributed by atoms with Crippen molar-refractivity contribution >= 4 is 11.4 Å². The summed E-state index contributed by atoms with van der Waals surface area (Å²) in [5, 5.41) is 14.5. The van der Waals surface area contributed by atoms with E-state index < -0.39 is 4.92 Å². The first-order valence-corrected chi connectivity index (χ1v) is 6.74. The number of hydrogen-bond donors (Lipinski definition) is 1. The van der Waals surface area contributed by atoms with E-state index in [1.54, 1.807) is 25.3 Å². The third kappa shape index (κ3) is 3.19. The summed E-state index contributed by atoms with van der Waals surface area (Å²) in [6.07, 6.45) is 1.87. The summed E-state index contributed by atoms with van der Waals surface area (Å²) in [4.78, 5) is 10.9.